The van der Waals surface area contributed by atoms with Crippen molar-refractivity contribution in [1.29, 1.82) is 5.41 Å². The van der Waals surface area contributed by atoms with Crippen LogP contribution in [0.5, 0.6) is 0 Å². The zero-order chi connectivity index (χ0) is 12.2. The summed E-state index contributed by atoms with van der Waals surface area (Å²) in [6.07, 6.45) is 4.71. The number of rotatable bonds is 5. The zero-order valence-electron chi connectivity index (χ0n) is 11.1. The molecule has 1 aliphatic rings. The highest BCUT2D eigenvalue weighted by Gasteiger charge is 2.32. The van der Waals surface area contributed by atoms with Crippen LogP contribution in [0, 0.1) is 16.7 Å². The van der Waals surface area contributed by atoms with Crippen molar-refractivity contribution in [3.8, 4) is 0 Å². The Kier molecular flexibility index (Phi) is 4.78. The van der Waals surface area contributed by atoms with Crippen molar-refractivity contribution in [3.05, 3.63) is 0 Å². The molecule has 0 aromatic carbocycles. The van der Waals surface area contributed by atoms with Crippen LogP contribution in [-0.4, -0.2) is 30.4 Å². The van der Waals surface area contributed by atoms with Gasteiger partial charge in [0, 0.05) is 5.41 Å². The SMILES string of the molecule is CC(C)CCCN1CCC(C)(C(=N)N)CC1. The lowest BCUT2D eigenvalue weighted by Crippen LogP contribution is -2.45. The van der Waals surface area contributed by atoms with E-state index in [9.17, 15) is 0 Å². The van der Waals surface area contributed by atoms with Gasteiger partial charge in [0.25, 0.3) is 0 Å². The molecule has 16 heavy (non-hydrogen) atoms. The molecule has 1 rings (SSSR count). The predicted octanol–water partition coefficient (Wildman–Crippen LogP) is 2.46. The highest BCUT2D eigenvalue weighted by atomic mass is 15.1. The van der Waals surface area contributed by atoms with E-state index in [4.69, 9.17) is 11.1 Å². The maximum absolute atomic E-state index is 7.61. The Bertz CT molecular complexity index is 227. The molecular weight excluding hydrogens is 198 g/mol. The van der Waals surface area contributed by atoms with Gasteiger partial charge in [0.1, 0.15) is 0 Å². The summed E-state index contributed by atoms with van der Waals surface area (Å²) < 4.78 is 0. The van der Waals surface area contributed by atoms with Gasteiger partial charge in [0.15, 0.2) is 0 Å². The quantitative estimate of drug-likeness (QED) is 0.558. The molecule has 0 bridgehead atoms. The standard InChI is InChI=1S/C13H27N3/c1-11(2)5-4-8-16-9-6-13(3,7-10-16)12(14)15/h11H,4-10H2,1-3H3,(H3,14,15). The van der Waals surface area contributed by atoms with E-state index in [2.05, 4.69) is 25.7 Å². The molecule has 0 spiro atoms. The first kappa shape index (κ1) is 13.5. The third-order valence-corrected chi connectivity index (χ3v) is 3.87. The van der Waals surface area contributed by atoms with E-state index < -0.39 is 0 Å². The smallest absolute Gasteiger partial charge is 0.0966 e. The van der Waals surface area contributed by atoms with Crippen molar-refractivity contribution in [1.82, 2.24) is 4.90 Å². The lowest BCUT2D eigenvalue weighted by Gasteiger charge is -2.38. The second kappa shape index (κ2) is 5.67. The van der Waals surface area contributed by atoms with Gasteiger partial charge in [0.05, 0.1) is 5.84 Å². The number of nitrogens with zero attached hydrogens (tertiary/aromatic N) is 1. The summed E-state index contributed by atoms with van der Waals surface area (Å²) in [7, 11) is 0. The maximum Gasteiger partial charge on any atom is 0.0966 e. The van der Waals surface area contributed by atoms with Crippen LogP contribution in [0.1, 0.15) is 46.5 Å². The predicted molar refractivity (Wildman–Crippen MR) is 69.8 cm³/mol. The van der Waals surface area contributed by atoms with Gasteiger partial charge < -0.3 is 10.6 Å². The Morgan fingerprint density at radius 2 is 1.94 bits per heavy atom. The Morgan fingerprint density at radius 1 is 1.38 bits per heavy atom. The molecule has 0 radical (unpaired) electrons. The van der Waals surface area contributed by atoms with E-state index in [1.807, 2.05) is 0 Å². The largest absolute Gasteiger partial charge is 0.387 e. The average molecular weight is 225 g/mol. The molecule has 0 atom stereocenters. The minimum Gasteiger partial charge on any atom is -0.387 e. The number of amidine groups is 1. The van der Waals surface area contributed by atoms with Crippen LogP contribution in [0.4, 0.5) is 0 Å². The van der Waals surface area contributed by atoms with Gasteiger partial charge in [-0.05, 0) is 51.2 Å². The minimum atomic E-state index is -0.0332. The lowest BCUT2D eigenvalue weighted by molar-refractivity contribution is 0.158. The van der Waals surface area contributed by atoms with E-state index in [-0.39, 0.29) is 5.41 Å². The number of nitrogens with two attached hydrogens (primary N) is 1. The molecule has 0 amide bonds. The van der Waals surface area contributed by atoms with Gasteiger partial charge in [-0.1, -0.05) is 20.8 Å². The molecule has 1 aliphatic heterocycles. The van der Waals surface area contributed by atoms with E-state index in [1.165, 1.54) is 19.4 Å². The fourth-order valence-corrected chi connectivity index (χ4v) is 2.26. The van der Waals surface area contributed by atoms with E-state index in [1.54, 1.807) is 0 Å². The first-order valence-electron chi connectivity index (χ1n) is 6.51. The van der Waals surface area contributed by atoms with E-state index in [0.29, 0.717) is 5.84 Å². The minimum absolute atomic E-state index is 0.0332. The number of likely N-dealkylation sites (tertiary alicyclic amines) is 1. The van der Waals surface area contributed by atoms with Crippen LogP contribution in [0.15, 0.2) is 0 Å². The first-order valence-corrected chi connectivity index (χ1v) is 6.51. The molecule has 3 N–H and O–H groups in total. The summed E-state index contributed by atoms with van der Waals surface area (Å²) in [5, 5.41) is 7.61. The molecule has 3 nitrogen and oxygen atoms in total. The molecular formula is C13H27N3. The van der Waals surface area contributed by atoms with Gasteiger partial charge in [-0.15, -0.1) is 0 Å². The first-order chi connectivity index (χ1) is 7.44. The Hall–Kier alpha value is -0.570. The summed E-state index contributed by atoms with van der Waals surface area (Å²) in [4.78, 5) is 2.52. The molecule has 0 aromatic heterocycles. The van der Waals surface area contributed by atoms with Crippen molar-refractivity contribution in [2.24, 2.45) is 17.1 Å². The van der Waals surface area contributed by atoms with Crippen molar-refractivity contribution in [3.63, 3.8) is 0 Å². The van der Waals surface area contributed by atoms with Crippen molar-refractivity contribution >= 4 is 5.84 Å². The van der Waals surface area contributed by atoms with Crippen LogP contribution in [0.25, 0.3) is 0 Å². The monoisotopic (exact) mass is 225 g/mol. The highest BCUT2D eigenvalue weighted by molar-refractivity contribution is 5.83. The second-order valence-electron chi connectivity index (χ2n) is 5.85. The molecule has 1 saturated heterocycles. The fourth-order valence-electron chi connectivity index (χ4n) is 2.26. The Balaban J connectivity index is 2.24. The van der Waals surface area contributed by atoms with Crippen molar-refractivity contribution < 1.29 is 0 Å². The van der Waals surface area contributed by atoms with Crippen molar-refractivity contribution in [2.45, 2.75) is 46.5 Å². The van der Waals surface area contributed by atoms with Gasteiger partial charge in [-0.3, -0.25) is 5.41 Å². The van der Waals surface area contributed by atoms with Crippen LogP contribution < -0.4 is 5.73 Å². The Morgan fingerprint density at radius 3 is 2.38 bits per heavy atom. The Labute approximate surface area is 99.9 Å². The normalized spacial score (nSPS) is 21.2. The van der Waals surface area contributed by atoms with Gasteiger partial charge in [-0.25, -0.2) is 0 Å². The van der Waals surface area contributed by atoms with Gasteiger partial charge in [0.2, 0.25) is 0 Å². The molecule has 0 aliphatic carbocycles. The third kappa shape index (κ3) is 3.78. The molecule has 1 heterocycles. The average Bonchev–Trinajstić information content (AvgIpc) is 2.20. The molecule has 0 unspecified atom stereocenters. The highest BCUT2D eigenvalue weighted by Crippen LogP contribution is 2.30. The number of piperidine rings is 1. The molecule has 1 fully saturated rings. The molecule has 0 saturated carbocycles. The number of hydrogen-bond acceptors (Lipinski definition) is 2. The fraction of sp³-hybridized carbons (Fsp3) is 0.923. The lowest BCUT2D eigenvalue weighted by atomic mass is 9.79. The summed E-state index contributed by atoms with van der Waals surface area (Å²) in [6.45, 7) is 10.1. The molecule has 0 aromatic rings. The topological polar surface area (TPSA) is 53.1 Å². The second-order valence-corrected chi connectivity index (χ2v) is 5.85. The number of hydrogen-bond donors (Lipinski definition) is 2. The van der Waals surface area contributed by atoms with Crippen LogP contribution in [0.3, 0.4) is 0 Å². The summed E-state index contributed by atoms with van der Waals surface area (Å²) >= 11 is 0. The van der Waals surface area contributed by atoms with Crippen LogP contribution in [-0.2, 0) is 0 Å². The summed E-state index contributed by atoms with van der Waals surface area (Å²) in [5.74, 6) is 1.18. The number of nitrogens with one attached hydrogen (secondary N) is 1. The van der Waals surface area contributed by atoms with Crippen LogP contribution >= 0.6 is 0 Å². The zero-order valence-corrected chi connectivity index (χ0v) is 11.1. The van der Waals surface area contributed by atoms with Crippen LogP contribution in [0.2, 0.25) is 0 Å². The van der Waals surface area contributed by atoms with E-state index in [0.717, 1.165) is 31.8 Å². The van der Waals surface area contributed by atoms with Gasteiger partial charge >= 0.3 is 0 Å². The maximum atomic E-state index is 7.61. The molecule has 3 heteroatoms. The third-order valence-electron chi connectivity index (χ3n) is 3.87. The molecule has 94 valence electrons. The summed E-state index contributed by atoms with van der Waals surface area (Å²) in [6, 6.07) is 0. The van der Waals surface area contributed by atoms with Crippen molar-refractivity contribution in [2.75, 3.05) is 19.6 Å². The van der Waals surface area contributed by atoms with Gasteiger partial charge in [-0.2, -0.15) is 0 Å². The van der Waals surface area contributed by atoms with E-state index >= 15 is 0 Å². The summed E-state index contributed by atoms with van der Waals surface area (Å²) in [5.41, 5.74) is 5.62.